The molecule has 2 aromatic rings. The summed E-state index contributed by atoms with van der Waals surface area (Å²) >= 11 is 0. The van der Waals surface area contributed by atoms with Crippen molar-refractivity contribution in [3.8, 4) is 0 Å². The summed E-state index contributed by atoms with van der Waals surface area (Å²) in [7, 11) is -12.7. The molecule has 2 atom stereocenters. The topological polar surface area (TPSA) is 251 Å². The fourth-order valence-corrected chi connectivity index (χ4v) is 9.63. The van der Waals surface area contributed by atoms with Gasteiger partial charge >= 0.3 is 5.97 Å². The van der Waals surface area contributed by atoms with E-state index in [2.05, 4.69) is 0 Å². The highest BCUT2D eigenvalue weighted by Gasteiger charge is 2.48. The minimum absolute atomic E-state index is 0.0199. The quantitative estimate of drug-likeness (QED) is 0.0846. The highest BCUT2D eigenvalue weighted by Crippen LogP contribution is 2.51. The van der Waals surface area contributed by atoms with E-state index in [0.29, 0.717) is 77.7 Å². The number of amides is 2. The summed E-state index contributed by atoms with van der Waals surface area (Å²) in [6.45, 7) is 6.59. The second-order valence-electron chi connectivity index (χ2n) is 15.1. The van der Waals surface area contributed by atoms with Crippen LogP contribution in [0.25, 0.3) is 0 Å². The Morgan fingerprint density at radius 1 is 0.847 bits per heavy atom. The third-order valence-corrected chi connectivity index (χ3v) is 13.6. The molecule has 2 aromatic carbocycles. The number of rotatable bonds is 19. The van der Waals surface area contributed by atoms with Gasteiger partial charge in [-0.15, -0.1) is 5.06 Å². The lowest BCUT2D eigenvalue weighted by Crippen LogP contribution is -2.33. The number of methoxy groups -OCH3 is 1. The van der Waals surface area contributed by atoms with E-state index in [9.17, 15) is 53.3 Å². The van der Waals surface area contributed by atoms with Crippen molar-refractivity contribution in [1.82, 2.24) is 5.06 Å². The van der Waals surface area contributed by atoms with E-state index in [-0.39, 0.29) is 38.7 Å². The fraction of sp³-hybridized carbons (Fsp3) is 0.487. The van der Waals surface area contributed by atoms with E-state index in [1.54, 1.807) is 25.1 Å². The fourth-order valence-electron chi connectivity index (χ4n) is 8.14. The first-order chi connectivity index (χ1) is 27.5. The van der Waals surface area contributed by atoms with Crippen molar-refractivity contribution in [3.05, 3.63) is 71.5 Å². The summed E-state index contributed by atoms with van der Waals surface area (Å²) in [6.07, 6.45) is 7.15. The number of fused-ring (bicyclic) bond motifs is 2. The second kappa shape index (κ2) is 17.7. The Morgan fingerprint density at radius 3 is 2.07 bits per heavy atom. The van der Waals surface area contributed by atoms with Crippen LogP contribution in [0.2, 0.25) is 0 Å². The highest BCUT2D eigenvalue weighted by molar-refractivity contribution is 7.86. The van der Waals surface area contributed by atoms with E-state index in [1.165, 1.54) is 37.4 Å². The molecule has 20 heteroatoms. The first kappa shape index (κ1) is 45.8. The van der Waals surface area contributed by atoms with Gasteiger partial charge in [0.2, 0.25) is 5.69 Å². The maximum Gasteiger partial charge on any atom is 0.333 e. The van der Waals surface area contributed by atoms with E-state index >= 15 is 0 Å². The van der Waals surface area contributed by atoms with Gasteiger partial charge in [0.15, 0.2) is 5.71 Å². The molecule has 0 aromatic heterocycles. The third-order valence-electron chi connectivity index (χ3n) is 11.2. The van der Waals surface area contributed by atoms with Gasteiger partial charge in [0.25, 0.3) is 11.8 Å². The van der Waals surface area contributed by atoms with Gasteiger partial charge in [0, 0.05) is 86.2 Å². The summed E-state index contributed by atoms with van der Waals surface area (Å²) in [5.41, 5.74) is 1.70. The standard InChI is InChI=1S/C39H49N3O14S3/c1-5-40-31-16-14-27(58(49,50)51)25-29(31)38(2,20-10-24-57(46,47)48)33(40)11-9-12-34-39(3,21-23-55-4)30-26-28(59(52,53)54)15-17-32(30)41(34)22-8-6-7-13-37(45)56-42-35(43)18-19-36(42)44/h9,11-12,14-17,25-26H,5-8,10,13,18-24H2,1-4H3,(H2-,46,47,48,49,50,51,52,53,54)/p-2. The number of hydroxylamine groups is 2. The van der Waals surface area contributed by atoms with Crippen molar-refractivity contribution in [2.75, 3.05) is 37.5 Å². The number of likely N-dealkylation sites (N-methyl/N-ethyl adjacent to an activating group) is 1. The lowest BCUT2D eigenvalue weighted by molar-refractivity contribution is -0.438. The molecule has 0 aliphatic carbocycles. The predicted octanol–water partition coefficient (Wildman–Crippen LogP) is 3.62. The maximum absolute atomic E-state index is 12.4. The Morgan fingerprint density at radius 2 is 1.47 bits per heavy atom. The minimum atomic E-state index is -4.85. The van der Waals surface area contributed by atoms with Crippen LogP contribution in [0.3, 0.4) is 0 Å². The number of hydrogen-bond acceptors (Lipinski definition) is 15. The average molecular weight is 878 g/mol. The average Bonchev–Trinajstić information content (AvgIpc) is 3.68. The van der Waals surface area contributed by atoms with Crippen LogP contribution < -0.4 is 4.90 Å². The number of allylic oxidation sites excluding steroid dienone is 4. The van der Waals surface area contributed by atoms with Crippen LogP contribution in [0.4, 0.5) is 11.4 Å². The SMILES string of the molecule is CCN1/C(=C/C=C/C2=[N+](CCCCCC(=O)ON3C(=O)CCC3=O)c3ccc(S(=O)(=O)[O-])cc3C2(C)CCOC)C(C)(CCCS(=O)(=O)[O-])c2cc(S(=O)(=O)[O-])ccc21. The van der Waals surface area contributed by atoms with Crippen LogP contribution in [0.1, 0.15) is 89.7 Å². The van der Waals surface area contributed by atoms with Crippen molar-refractivity contribution in [2.24, 2.45) is 0 Å². The Labute approximate surface area is 344 Å². The van der Waals surface area contributed by atoms with Crippen LogP contribution >= 0.6 is 0 Å². The van der Waals surface area contributed by atoms with Crippen LogP contribution in [0.15, 0.2) is 70.1 Å². The molecule has 59 heavy (non-hydrogen) atoms. The van der Waals surface area contributed by atoms with Crippen LogP contribution in [0.5, 0.6) is 0 Å². The zero-order chi connectivity index (χ0) is 43.6. The second-order valence-corrected chi connectivity index (χ2v) is 19.4. The highest BCUT2D eigenvalue weighted by atomic mass is 32.2. The monoisotopic (exact) mass is 877 g/mol. The molecule has 322 valence electrons. The predicted molar refractivity (Wildman–Crippen MR) is 209 cm³/mol. The zero-order valence-electron chi connectivity index (χ0n) is 33.2. The largest absolute Gasteiger partial charge is 0.748 e. The number of benzene rings is 2. The lowest BCUT2D eigenvalue weighted by atomic mass is 9.76. The number of hydrogen-bond donors (Lipinski definition) is 0. The Balaban J connectivity index is 1.53. The number of carbonyl (C=O) groups excluding carboxylic acids is 3. The first-order valence-electron chi connectivity index (χ1n) is 19.1. The minimum Gasteiger partial charge on any atom is -0.748 e. The molecule has 1 fully saturated rings. The molecule has 5 rings (SSSR count). The van der Waals surface area contributed by atoms with Gasteiger partial charge in [-0.3, -0.25) is 9.59 Å². The van der Waals surface area contributed by atoms with Crippen molar-refractivity contribution in [1.29, 1.82) is 0 Å². The number of nitrogens with zero attached hydrogens (tertiary/aromatic N) is 3. The molecular weight excluding hydrogens is 831 g/mol. The van der Waals surface area contributed by atoms with Gasteiger partial charge in [0.1, 0.15) is 26.8 Å². The Kier molecular flexibility index (Phi) is 13.8. The molecule has 0 radical (unpaired) electrons. The van der Waals surface area contributed by atoms with Crippen LogP contribution in [-0.4, -0.2) is 105 Å². The number of unbranched alkanes of at least 4 members (excludes halogenated alkanes) is 2. The maximum atomic E-state index is 12.4. The van der Waals surface area contributed by atoms with E-state index in [0.717, 1.165) is 0 Å². The molecule has 2 amide bonds. The molecule has 3 aliphatic heterocycles. The first-order valence-corrected chi connectivity index (χ1v) is 23.5. The van der Waals surface area contributed by atoms with Crippen LogP contribution in [-0.2, 0) is 65.1 Å². The zero-order valence-corrected chi connectivity index (χ0v) is 35.6. The van der Waals surface area contributed by atoms with Gasteiger partial charge in [0.05, 0.1) is 25.3 Å². The van der Waals surface area contributed by atoms with Gasteiger partial charge in [-0.1, -0.05) is 6.08 Å². The van der Waals surface area contributed by atoms with Gasteiger partial charge in [-0.25, -0.2) is 30.0 Å². The summed E-state index contributed by atoms with van der Waals surface area (Å²) in [5.74, 6) is -2.52. The smallest absolute Gasteiger partial charge is 0.333 e. The summed E-state index contributed by atoms with van der Waals surface area (Å²) < 4.78 is 115. The van der Waals surface area contributed by atoms with Gasteiger partial charge in [-0.05, 0) is 94.8 Å². The molecule has 0 N–H and O–H groups in total. The molecule has 0 bridgehead atoms. The third kappa shape index (κ3) is 10.0. The molecule has 0 saturated carbocycles. The van der Waals surface area contributed by atoms with Crippen molar-refractivity contribution in [2.45, 2.75) is 99.2 Å². The number of carbonyl (C=O) groups is 3. The summed E-state index contributed by atoms with van der Waals surface area (Å²) in [5, 5.41) is 0.501. The van der Waals surface area contributed by atoms with Crippen molar-refractivity contribution < 1.29 is 67.4 Å². The van der Waals surface area contributed by atoms with Gasteiger partial charge in [-0.2, -0.15) is 4.58 Å². The number of imide groups is 1. The van der Waals surface area contributed by atoms with Crippen LogP contribution in [0, 0.1) is 0 Å². The van der Waals surface area contributed by atoms with Gasteiger partial charge < -0.3 is 28.1 Å². The molecule has 0 spiro atoms. The molecule has 17 nitrogen and oxygen atoms in total. The van der Waals surface area contributed by atoms with E-state index in [1.807, 2.05) is 29.4 Å². The Hall–Kier alpha value is -4.31. The lowest BCUT2D eigenvalue weighted by Gasteiger charge is -2.30. The van der Waals surface area contributed by atoms with E-state index < -0.39 is 74.5 Å². The number of anilines is 1. The summed E-state index contributed by atoms with van der Waals surface area (Å²) in [6, 6.07) is 8.21. The van der Waals surface area contributed by atoms with E-state index in [4.69, 9.17) is 9.57 Å². The molecule has 1 saturated heterocycles. The molecule has 2 unspecified atom stereocenters. The number of ether oxygens (including phenoxy) is 1. The van der Waals surface area contributed by atoms with Crippen molar-refractivity contribution >= 4 is 65.2 Å². The Bertz CT molecular complexity index is 2430. The molecule has 3 heterocycles. The molecular formula is C39H47N3O14S3-2. The molecule has 3 aliphatic rings. The van der Waals surface area contributed by atoms with Crippen molar-refractivity contribution in [3.63, 3.8) is 0 Å². The summed E-state index contributed by atoms with van der Waals surface area (Å²) in [4.78, 5) is 42.1. The normalized spacial score (nSPS) is 21.6.